The summed E-state index contributed by atoms with van der Waals surface area (Å²) in [4.78, 5) is 11.1. The predicted octanol–water partition coefficient (Wildman–Crippen LogP) is 1.71. The number of nitrogens with two attached hydrogens (primary N) is 1. The number of hydrogen-bond donors (Lipinski definition) is 1. The Balaban J connectivity index is 2.75. The molecule has 1 aliphatic rings. The van der Waals surface area contributed by atoms with Gasteiger partial charge in [-0.1, -0.05) is 27.7 Å². The summed E-state index contributed by atoms with van der Waals surface area (Å²) in [5, 5.41) is 0. The first kappa shape index (κ1) is 14.5. The third kappa shape index (κ3) is 3.68. The van der Waals surface area contributed by atoms with Crippen LogP contribution in [-0.2, 0) is 14.3 Å². The van der Waals surface area contributed by atoms with E-state index in [0.717, 1.165) is 6.42 Å². The van der Waals surface area contributed by atoms with E-state index in [1.165, 1.54) is 6.92 Å². The van der Waals surface area contributed by atoms with Crippen molar-refractivity contribution in [3.8, 4) is 0 Å². The second kappa shape index (κ2) is 5.83. The third-order valence-electron chi connectivity index (χ3n) is 3.12. The van der Waals surface area contributed by atoms with E-state index in [9.17, 15) is 4.79 Å². The van der Waals surface area contributed by atoms with E-state index in [0.29, 0.717) is 11.8 Å². The van der Waals surface area contributed by atoms with Crippen LogP contribution in [-0.4, -0.2) is 30.3 Å². The van der Waals surface area contributed by atoms with Crippen LogP contribution in [0.4, 0.5) is 0 Å². The molecule has 1 saturated heterocycles. The molecule has 17 heavy (non-hydrogen) atoms. The van der Waals surface area contributed by atoms with Gasteiger partial charge in [0.25, 0.3) is 0 Å². The molecule has 0 aliphatic carbocycles. The molecule has 4 atom stereocenters. The summed E-state index contributed by atoms with van der Waals surface area (Å²) in [6.07, 6.45) is 0.473. The lowest BCUT2D eigenvalue weighted by atomic mass is 9.95. The smallest absolute Gasteiger partial charge is 0.303 e. The maximum absolute atomic E-state index is 11.1. The zero-order valence-corrected chi connectivity index (χ0v) is 11.5. The molecule has 0 aromatic heterocycles. The highest BCUT2D eigenvalue weighted by Crippen LogP contribution is 2.30. The number of ether oxygens (including phenoxy) is 2. The minimum absolute atomic E-state index is 0.0249. The van der Waals surface area contributed by atoms with Crippen molar-refractivity contribution in [1.82, 2.24) is 0 Å². The monoisotopic (exact) mass is 243 g/mol. The van der Waals surface area contributed by atoms with Crippen LogP contribution in [0.2, 0.25) is 0 Å². The second-order valence-corrected chi connectivity index (χ2v) is 5.66. The Morgan fingerprint density at radius 1 is 1.35 bits per heavy atom. The fourth-order valence-electron chi connectivity index (χ4n) is 2.41. The van der Waals surface area contributed by atoms with Gasteiger partial charge in [0.15, 0.2) is 0 Å². The molecule has 4 heteroatoms. The van der Waals surface area contributed by atoms with Gasteiger partial charge in [-0.15, -0.1) is 0 Å². The number of carbonyl (C=O) groups excluding carboxylic acids is 1. The molecule has 0 spiro atoms. The largest absolute Gasteiger partial charge is 0.458 e. The lowest BCUT2D eigenvalue weighted by Crippen LogP contribution is -2.44. The summed E-state index contributed by atoms with van der Waals surface area (Å²) in [6.45, 7) is 9.83. The van der Waals surface area contributed by atoms with E-state index in [-0.39, 0.29) is 30.3 Å². The SMILES string of the molecule is CC(=O)O[C@H]1[C@@H](N)[C@H](C(C)C)O[C@@H]1CC(C)C. The normalized spacial score (nSPS) is 33.4. The molecule has 0 amide bonds. The summed E-state index contributed by atoms with van der Waals surface area (Å²) >= 11 is 0. The van der Waals surface area contributed by atoms with Gasteiger partial charge in [-0.3, -0.25) is 4.79 Å². The first-order valence-electron chi connectivity index (χ1n) is 6.41. The van der Waals surface area contributed by atoms with Crippen LogP contribution in [0, 0.1) is 11.8 Å². The molecule has 1 fully saturated rings. The average Bonchev–Trinajstić information content (AvgIpc) is 2.44. The van der Waals surface area contributed by atoms with Gasteiger partial charge in [0.05, 0.1) is 18.2 Å². The summed E-state index contributed by atoms with van der Waals surface area (Å²) in [5.41, 5.74) is 6.14. The zero-order valence-electron chi connectivity index (χ0n) is 11.5. The maximum Gasteiger partial charge on any atom is 0.303 e. The van der Waals surface area contributed by atoms with Crippen LogP contribution >= 0.6 is 0 Å². The first-order chi connectivity index (χ1) is 7.82. The van der Waals surface area contributed by atoms with Crippen LogP contribution in [0.25, 0.3) is 0 Å². The predicted molar refractivity (Wildman–Crippen MR) is 66.5 cm³/mol. The van der Waals surface area contributed by atoms with E-state index in [2.05, 4.69) is 27.7 Å². The van der Waals surface area contributed by atoms with Crippen molar-refractivity contribution in [2.45, 2.75) is 65.4 Å². The van der Waals surface area contributed by atoms with Crippen molar-refractivity contribution >= 4 is 5.97 Å². The zero-order chi connectivity index (χ0) is 13.2. The van der Waals surface area contributed by atoms with Gasteiger partial charge >= 0.3 is 5.97 Å². The summed E-state index contributed by atoms with van der Waals surface area (Å²) < 4.78 is 11.3. The molecule has 1 rings (SSSR count). The van der Waals surface area contributed by atoms with Crippen LogP contribution in [0.5, 0.6) is 0 Å². The van der Waals surface area contributed by atoms with Crippen LogP contribution < -0.4 is 5.73 Å². The molecular formula is C13H25NO3. The molecule has 100 valence electrons. The maximum atomic E-state index is 11.1. The summed E-state index contributed by atoms with van der Waals surface area (Å²) in [5.74, 6) is 0.545. The molecule has 0 bridgehead atoms. The minimum atomic E-state index is -0.303. The van der Waals surface area contributed by atoms with Crippen molar-refractivity contribution < 1.29 is 14.3 Å². The molecule has 0 unspecified atom stereocenters. The number of rotatable bonds is 4. The Labute approximate surface area is 104 Å². The molecule has 0 saturated carbocycles. The van der Waals surface area contributed by atoms with Gasteiger partial charge in [-0.05, 0) is 18.3 Å². The molecule has 4 nitrogen and oxygen atoms in total. The topological polar surface area (TPSA) is 61.5 Å². The molecule has 2 N–H and O–H groups in total. The number of esters is 1. The second-order valence-electron chi connectivity index (χ2n) is 5.66. The van der Waals surface area contributed by atoms with Crippen LogP contribution in [0.1, 0.15) is 41.0 Å². The average molecular weight is 243 g/mol. The Kier molecular flexibility index (Phi) is 4.95. The standard InChI is InChI=1S/C13H25NO3/c1-7(2)6-10-13(16-9(5)15)11(14)12(17-10)8(3)4/h7-8,10-13H,6,14H2,1-5H3/t10-,11+,12+,13-/m1/s1. The molecule has 1 aliphatic heterocycles. The van der Waals surface area contributed by atoms with Gasteiger partial charge < -0.3 is 15.2 Å². The number of hydrogen-bond acceptors (Lipinski definition) is 4. The van der Waals surface area contributed by atoms with Crippen molar-refractivity contribution in [2.75, 3.05) is 0 Å². The molecular weight excluding hydrogens is 218 g/mol. The highest BCUT2D eigenvalue weighted by molar-refractivity contribution is 5.66. The Bertz CT molecular complexity index is 265. The van der Waals surface area contributed by atoms with E-state index < -0.39 is 0 Å². The van der Waals surface area contributed by atoms with Gasteiger partial charge in [0.2, 0.25) is 0 Å². The molecule has 0 aromatic carbocycles. The fourth-order valence-corrected chi connectivity index (χ4v) is 2.41. The highest BCUT2D eigenvalue weighted by Gasteiger charge is 2.45. The lowest BCUT2D eigenvalue weighted by molar-refractivity contribution is -0.150. The Morgan fingerprint density at radius 3 is 2.35 bits per heavy atom. The van der Waals surface area contributed by atoms with E-state index >= 15 is 0 Å². The molecule has 0 aromatic rings. The van der Waals surface area contributed by atoms with E-state index in [1.807, 2.05) is 0 Å². The quantitative estimate of drug-likeness (QED) is 0.764. The lowest BCUT2D eigenvalue weighted by Gasteiger charge is -2.22. The summed E-state index contributed by atoms with van der Waals surface area (Å²) in [7, 11) is 0. The van der Waals surface area contributed by atoms with Crippen molar-refractivity contribution in [2.24, 2.45) is 17.6 Å². The van der Waals surface area contributed by atoms with Crippen LogP contribution in [0.15, 0.2) is 0 Å². The molecule has 1 heterocycles. The van der Waals surface area contributed by atoms with E-state index in [1.54, 1.807) is 0 Å². The van der Waals surface area contributed by atoms with Gasteiger partial charge in [0, 0.05) is 6.92 Å². The Hall–Kier alpha value is -0.610. The first-order valence-corrected chi connectivity index (χ1v) is 6.41. The molecule has 0 radical (unpaired) electrons. The van der Waals surface area contributed by atoms with Gasteiger partial charge in [-0.25, -0.2) is 0 Å². The Morgan fingerprint density at radius 2 is 1.94 bits per heavy atom. The van der Waals surface area contributed by atoms with Crippen molar-refractivity contribution in [1.29, 1.82) is 0 Å². The van der Waals surface area contributed by atoms with Crippen molar-refractivity contribution in [3.05, 3.63) is 0 Å². The van der Waals surface area contributed by atoms with Gasteiger partial charge in [0.1, 0.15) is 6.10 Å². The van der Waals surface area contributed by atoms with Gasteiger partial charge in [-0.2, -0.15) is 0 Å². The summed E-state index contributed by atoms with van der Waals surface area (Å²) in [6, 6.07) is -0.220. The van der Waals surface area contributed by atoms with Crippen molar-refractivity contribution in [3.63, 3.8) is 0 Å². The fraction of sp³-hybridized carbons (Fsp3) is 0.923. The van der Waals surface area contributed by atoms with Crippen LogP contribution in [0.3, 0.4) is 0 Å². The minimum Gasteiger partial charge on any atom is -0.458 e. The van der Waals surface area contributed by atoms with E-state index in [4.69, 9.17) is 15.2 Å². The highest BCUT2D eigenvalue weighted by atomic mass is 16.6. The third-order valence-corrected chi connectivity index (χ3v) is 3.12. The number of carbonyl (C=O) groups is 1.